The lowest BCUT2D eigenvalue weighted by atomic mass is 9.84. The first-order chi connectivity index (χ1) is 12.8. The van der Waals surface area contributed by atoms with Gasteiger partial charge in [-0.25, -0.2) is 0 Å². The van der Waals surface area contributed by atoms with E-state index in [9.17, 15) is 20.3 Å². The molecule has 1 rings (SSSR count). The summed E-state index contributed by atoms with van der Waals surface area (Å²) in [7, 11) is 0. The van der Waals surface area contributed by atoms with Crippen LogP contribution in [0.1, 0.15) is 46.1 Å². The van der Waals surface area contributed by atoms with E-state index in [0.717, 1.165) is 5.56 Å². The second-order valence-electron chi connectivity index (χ2n) is 8.08. The summed E-state index contributed by atoms with van der Waals surface area (Å²) in [5.74, 6) is 0.195. The fourth-order valence-electron chi connectivity index (χ4n) is 3.15. The maximum Gasteiger partial charge on any atom is 0.238 e. The van der Waals surface area contributed by atoms with Crippen molar-refractivity contribution in [3.8, 4) is 0 Å². The summed E-state index contributed by atoms with van der Waals surface area (Å²) in [4.78, 5) is 11.1. The largest absolute Gasteiger partial charge is 0.396 e. The van der Waals surface area contributed by atoms with Crippen LogP contribution in [0.4, 0.5) is 0 Å². The maximum absolute atomic E-state index is 11.5. The van der Waals surface area contributed by atoms with Crippen molar-refractivity contribution in [2.45, 2.75) is 59.3 Å². The predicted molar refractivity (Wildman–Crippen MR) is 106 cm³/mol. The van der Waals surface area contributed by atoms with Gasteiger partial charge in [-0.05, 0) is 35.7 Å². The number of benzene rings is 1. The first-order valence-corrected chi connectivity index (χ1v) is 9.80. The van der Waals surface area contributed by atoms with E-state index in [0.29, 0.717) is 19.6 Å². The van der Waals surface area contributed by atoms with E-state index in [2.05, 4.69) is 0 Å². The van der Waals surface area contributed by atoms with Crippen molar-refractivity contribution < 1.29 is 19.9 Å². The molecular weight excluding hydrogens is 346 g/mol. The normalized spacial score (nSPS) is 16.3. The zero-order valence-electron chi connectivity index (χ0n) is 17.0. The molecule has 154 valence electrons. The van der Waals surface area contributed by atoms with Crippen molar-refractivity contribution >= 4 is 0 Å². The topological polar surface area (TPSA) is 92.8 Å². The minimum atomic E-state index is -1.07. The molecule has 0 radical (unpaired) electrons. The van der Waals surface area contributed by atoms with Crippen LogP contribution in [0.25, 0.3) is 0 Å². The van der Waals surface area contributed by atoms with E-state index >= 15 is 0 Å². The number of rotatable bonds is 13. The Morgan fingerprint density at radius 1 is 1.04 bits per heavy atom. The highest BCUT2D eigenvalue weighted by molar-refractivity contribution is 5.13. The zero-order chi connectivity index (χ0) is 20.4. The van der Waals surface area contributed by atoms with Gasteiger partial charge in [-0.15, -0.1) is 0 Å². The van der Waals surface area contributed by atoms with Gasteiger partial charge in [-0.3, -0.25) is 10.1 Å². The molecule has 27 heavy (non-hydrogen) atoms. The lowest BCUT2D eigenvalue weighted by molar-refractivity contribution is -0.537. The number of nitrogens with zero attached hydrogens (tertiary/aromatic N) is 1. The second kappa shape index (κ2) is 12.1. The molecule has 0 aromatic heterocycles. The van der Waals surface area contributed by atoms with Gasteiger partial charge in [0, 0.05) is 18.0 Å². The highest BCUT2D eigenvalue weighted by Crippen LogP contribution is 2.25. The van der Waals surface area contributed by atoms with Gasteiger partial charge >= 0.3 is 0 Å². The van der Waals surface area contributed by atoms with Crippen LogP contribution in [-0.4, -0.2) is 40.5 Å². The average Bonchev–Trinajstić information content (AvgIpc) is 2.61. The van der Waals surface area contributed by atoms with Crippen LogP contribution in [0.2, 0.25) is 0 Å². The molecule has 0 bridgehead atoms. The highest BCUT2D eigenvalue weighted by atomic mass is 16.6. The van der Waals surface area contributed by atoms with Crippen LogP contribution in [0.5, 0.6) is 0 Å². The molecule has 0 aliphatic rings. The maximum atomic E-state index is 11.5. The molecule has 4 atom stereocenters. The molecule has 0 unspecified atom stereocenters. The Bertz CT molecular complexity index is 535. The fraction of sp³-hybridized carbons (Fsp3) is 0.714. The Labute approximate surface area is 162 Å². The van der Waals surface area contributed by atoms with Crippen LogP contribution in [-0.2, 0) is 11.3 Å². The first kappa shape index (κ1) is 23.5. The van der Waals surface area contributed by atoms with E-state index in [-0.39, 0.29) is 36.7 Å². The van der Waals surface area contributed by atoms with Crippen LogP contribution >= 0.6 is 0 Å². The van der Waals surface area contributed by atoms with Gasteiger partial charge in [0.1, 0.15) is 6.10 Å². The van der Waals surface area contributed by atoms with Gasteiger partial charge in [0.2, 0.25) is 6.04 Å². The minimum absolute atomic E-state index is 0.0257. The zero-order valence-corrected chi connectivity index (χ0v) is 17.0. The first-order valence-electron chi connectivity index (χ1n) is 9.80. The van der Waals surface area contributed by atoms with Gasteiger partial charge in [0.25, 0.3) is 0 Å². The Kier molecular flexibility index (Phi) is 10.5. The molecule has 0 aliphatic heterocycles. The highest BCUT2D eigenvalue weighted by Gasteiger charge is 2.35. The van der Waals surface area contributed by atoms with Gasteiger partial charge in [0.05, 0.1) is 13.2 Å². The lowest BCUT2D eigenvalue weighted by Gasteiger charge is -2.27. The quantitative estimate of drug-likeness (QED) is 0.403. The number of aliphatic hydroxyl groups is 2. The lowest BCUT2D eigenvalue weighted by Crippen LogP contribution is -2.39. The van der Waals surface area contributed by atoms with E-state index < -0.39 is 17.1 Å². The predicted octanol–water partition coefficient (Wildman–Crippen LogP) is 3.53. The third-order valence-corrected chi connectivity index (χ3v) is 5.37. The van der Waals surface area contributed by atoms with Gasteiger partial charge in [-0.2, -0.15) is 0 Å². The third kappa shape index (κ3) is 8.37. The van der Waals surface area contributed by atoms with Crippen LogP contribution < -0.4 is 0 Å². The molecule has 1 aromatic carbocycles. The Morgan fingerprint density at radius 2 is 1.63 bits per heavy atom. The molecule has 0 amide bonds. The summed E-state index contributed by atoms with van der Waals surface area (Å²) >= 11 is 0. The smallest absolute Gasteiger partial charge is 0.238 e. The molecule has 0 fully saturated rings. The molecule has 6 nitrogen and oxygen atoms in total. The number of aliphatic hydroxyl groups excluding tert-OH is 2. The van der Waals surface area contributed by atoms with E-state index in [1.807, 2.05) is 58.0 Å². The Balaban J connectivity index is 2.65. The monoisotopic (exact) mass is 381 g/mol. The van der Waals surface area contributed by atoms with E-state index in [4.69, 9.17) is 4.74 Å². The van der Waals surface area contributed by atoms with E-state index in [1.165, 1.54) is 0 Å². The third-order valence-electron chi connectivity index (χ3n) is 5.37. The Hall–Kier alpha value is -1.50. The molecule has 0 saturated heterocycles. The molecule has 0 heterocycles. The van der Waals surface area contributed by atoms with Crippen molar-refractivity contribution in [3.05, 3.63) is 46.0 Å². The SMILES string of the molecule is CC(C)[C@@H](COCc1ccccc1)C[C@H](O)[C@H](C[C@H](CO)C(C)C)[N+](=O)[O-]. The summed E-state index contributed by atoms with van der Waals surface area (Å²) in [5.41, 5.74) is 1.08. The summed E-state index contributed by atoms with van der Waals surface area (Å²) in [6, 6.07) is 8.77. The van der Waals surface area contributed by atoms with Crippen molar-refractivity contribution in [2.75, 3.05) is 13.2 Å². The number of hydrogen-bond donors (Lipinski definition) is 2. The van der Waals surface area contributed by atoms with Gasteiger partial charge < -0.3 is 14.9 Å². The standard InChI is InChI=1S/C21H35NO5/c1-15(2)18(12-23)10-20(22(25)26)21(24)11-19(16(3)4)14-27-13-17-8-6-5-7-9-17/h5-9,15-16,18-21,23-24H,10-14H2,1-4H3/t18-,19-,20+,21+/m1/s1. The summed E-state index contributed by atoms with van der Waals surface area (Å²) in [6.45, 7) is 8.75. The summed E-state index contributed by atoms with van der Waals surface area (Å²) < 4.78 is 5.80. The van der Waals surface area contributed by atoms with Gasteiger partial charge in [-0.1, -0.05) is 58.0 Å². The van der Waals surface area contributed by atoms with Crippen molar-refractivity contribution in [1.82, 2.24) is 0 Å². The van der Waals surface area contributed by atoms with Crippen molar-refractivity contribution in [2.24, 2.45) is 23.7 Å². The molecule has 0 spiro atoms. The van der Waals surface area contributed by atoms with Crippen LogP contribution in [0, 0.1) is 33.8 Å². The minimum Gasteiger partial charge on any atom is -0.396 e. The molecular formula is C21H35NO5. The molecule has 1 aromatic rings. The molecule has 2 N–H and O–H groups in total. The molecule has 6 heteroatoms. The summed E-state index contributed by atoms with van der Waals surface area (Å²) in [6.07, 6.45) is -0.563. The van der Waals surface area contributed by atoms with Crippen LogP contribution in [0.15, 0.2) is 30.3 Å². The molecule has 0 saturated carbocycles. The van der Waals surface area contributed by atoms with Gasteiger partial charge in [0.15, 0.2) is 0 Å². The number of ether oxygens (including phenoxy) is 1. The number of nitro groups is 1. The summed E-state index contributed by atoms with van der Waals surface area (Å²) in [5, 5.41) is 31.5. The Morgan fingerprint density at radius 3 is 2.11 bits per heavy atom. The van der Waals surface area contributed by atoms with Crippen LogP contribution in [0.3, 0.4) is 0 Å². The average molecular weight is 382 g/mol. The number of hydrogen-bond acceptors (Lipinski definition) is 5. The second-order valence-corrected chi connectivity index (χ2v) is 8.08. The van der Waals surface area contributed by atoms with Crippen molar-refractivity contribution in [3.63, 3.8) is 0 Å². The van der Waals surface area contributed by atoms with E-state index in [1.54, 1.807) is 0 Å². The molecule has 0 aliphatic carbocycles. The fourth-order valence-corrected chi connectivity index (χ4v) is 3.15. The van der Waals surface area contributed by atoms with Crippen molar-refractivity contribution in [1.29, 1.82) is 0 Å².